The molecule has 5 aromatic rings. The molecule has 0 saturated carbocycles. The van der Waals surface area contributed by atoms with Crippen molar-refractivity contribution in [2.24, 2.45) is 7.05 Å². The Balaban J connectivity index is 1.77. The highest BCUT2D eigenvalue weighted by atomic mass is 16.5. The van der Waals surface area contributed by atoms with Gasteiger partial charge in [-0.1, -0.05) is 48.0 Å². The van der Waals surface area contributed by atoms with E-state index in [1.165, 1.54) is 4.68 Å². The molecule has 0 fully saturated rings. The summed E-state index contributed by atoms with van der Waals surface area (Å²) in [6, 6.07) is 22.3. The Hall–Kier alpha value is -4.39. The summed E-state index contributed by atoms with van der Waals surface area (Å²) < 4.78 is 8.78. The Bertz CT molecular complexity index is 1600. The van der Waals surface area contributed by atoms with Crippen molar-refractivity contribution < 1.29 is 9.53 Å². The molecule has 7 heteroatoms. The average molecular weight is 453 g/mol. The number of aromatic nitrogens is 3. The first-order valence-electron chi connectivity index (χ1n) is 11.1. The zero-order valence-electron chi connectivity index (χ0n) is 19.2. The lowest BCUT2D eigenvalue weighted by Crippen LogP contribution is -2.27. The van der Waals surface area contributed by atoms with E-state index in [0.29, 0.717) is 34.6 Å². The minimum Gasteiger partial charge on any atom is -0.492 e. The number of aryl methyl sites for hydroxylation is 2. The van der Waals surface area contributed by atoms with E-state index in [0.717, 1.165) is 16.5 Å². The molecule has 170 valence electrons. The van der Waals surface area contributed by atoms with Crippen LogP contribution >= 0.6 is 0 Å². The first kappa shape index (κ1) is 21.5. The number of hydrogen-bond donors (Lipinski definition) is 1. The number of carbonyl (C=O) groups is 1. The Kier molecular flexibility index (Phi) is 5.37. The van der Waals surface area contributed by atoms with Crippen molar-refractivity contribution >= 4 is 33.4 Å². The maximum atomic E-state index is 13.6. The van der Waals surface area contributed by atoms with Crippen LogP contribution in [0.3, 0.4) is 0 Å². The number of carbonyl (C=O) groups excluding carboxylic acids is 1. The second-order valence-corrected chi connectivity index (χ2v) is 8.08. The van der Waals surface area contributed by atoms with Gasteiger partial charge in [0, 0.05) is 23.3 Å². The van der Waals surface area contributed by atoms with Crippen molar-refractivity contribution in [3.63, 3.8) is 0 Å². The molecule has 0 radical (unpaired) electrons. The van der Waals surface area contributed by atoms with Crippen LogP contribution in [0.2, 0.25) is 0 Å². The van der Waals surface area contributed by atoms with Crippen molar-refractivity contribution in [1.29, 1.82) is 0 Å². The van der Waals surface area contributed by atoms with Gasteiger partial charge in [-0.25, -0.2) is 0 Å². The molecular formula is C27H24N4O3. The molecule has 0 aliphatic carbocycles. The van der Waals surface area contributed by atoms with Gasteiger partial charge in [0.25, 0.3) is 11.5 Å². The number of ether oxygens (including phenoxy) is 1. The maximum absolute atomic E-state index is 13.6. The molecule has 1 amide bonds. The van der Waals surface area contributed by atoms with Gasteiger partial charge in [-0.2, -0.15) is 9.78 Å². The van der Waals surface area contributed by atoms with E-state index in [9.17, 15) is 9.59 Å². The molecule has 0 aliphatic heterocycles. The molecule has 0 bridgehead atoms. The molecule has 0 unspecified atom stereocenters. The van der Waals surface area contributed by atoms with E-state index in [1.54, 1.807) is 12.1 Å². The predicted molar refractivity (Wildman–Crippen MR) is 134 cm³/mol. The van der Waals surface area contributed by atoms with E-state index >= 15 is 0 Å². The summed E-state index contributed by atoms with van der Waals surface area (Å²) in [4.78, 5) is 27.2. The largest absolute Gasteiger partial charge is 0.492 e. The van der Waals surface area contributed by atoms with E-state index in [4.69, 9.17) is 4.74 Å². The zero-order chi connectivity index (χ0) is 23.8. The van der Waals surface area contributed by atoms with E-state index in [1.807, 2.05) is 86.1 Å². The third-order valence-electron chi connectivity index (χ3n) is 5.87. The third kappa shape index (κ3) is 3.51. The van der Waals surface area contributed by atoms with Crippen LogP contribution < -0.4 is 15.6 Å². The van der Waals surface area contributed by atoms with Crippen molar-refractivity contribution in [2.45, 2.75) is 13.8 Å². The Morgan fingerprint density at radius 1 is 1.00 bits per heavy atom. The van der Waals surface area contributed by atoms with Crippen LogP contribution in [0.4, 0.5) is 5.69 Å². The van der Waals surface area contributed by atoms with Gasteiger partial charge in [0.15, 0.2) is 5.69 Å². The van der Waals surface area contributed by atoms with Crippen molar-refractivity contribution in [3.8, 4) is 11.4 Å². The van der Waals surface area contributed by atoms with Crippen LogP contribution in [0.25, 0.3) is 27.5 Å². The number of fused-ring (bicyclic) bond motifs is 3. The van der Waals surface area contributed by atoms with E-state index in [-0.39, 0.29) is 11.3 Å². The molecule has 2 heterocycles. The predicted octanol–water partition coefficient (Wildman–Crippen LogP) is 4.84. The molecule has 5 rings (SSSR count). The van der Waals surface area contributed by atoms with Gasteiger partial charge in [-0.15, -0.1) is 0 Å². The molecule has 7 nitrogen and oxygen atoms in total. The zero-order valence-corrected chi connectivity index (χ0v) is 19.2. The van der Waals surface area contributed by atoms with Crippen molar-refractivity contribution in [3.05, 3.63) is 94.4 Å². The lowest BCUT2D eigenvalue weighted by molar-refractivity contribution is 0.102. The molecule has 2 aromatic heterocycles. The Morgan fingerprint density at radius 2 is 1.71 bits per heavy atom. The normalized spacial score (nSPS) is 11.1. The van der Waals surface area contributed by atoms with Crippen LogP contribution in [0.1, 0.15) is 23.0 Å². The summed E-state index contributed by atoms with van der Waals surface area (Å²) in [5.74, 6) is 0.147. The van der Waals surface area contributed by atoms with E-state index in [2.05, 4.69) is 10.4 Å². The highest BCUT2D eigenvalue weighted by Crippen LogP contribution is 2.30. The molecule has 0 saturated heterocycles. The molecular weight excluding hydrogens is 428 g/mol. The second-order valence-electron chi connectivity index (χ2n) is 8.08. The SMILES string of the molecule is CCOc1ccccc1NC(=O)c1nn(-c2ccc(C)cc2)c(=O)c2c1c1ccccc1n2C. The number of amides is 1. The Labute approximate surface area is 196 Å². The minimum absolute atomic E-state index is 0.165. The molecule has 0 aliphatic rings. The van der Waals surface area contributed by atoms with Crippen LogP contribution in [-0.4, -0.2) is 26.9 Å². The molecule has 0 spiro atoms. The summed E-state index contributed by atoms with van der Waals surface area (Å²) >= 11 is 0. The van der Waals surface area contributed by atoms with E-state index < -0.39 is 5.91 Å². The maximum Gasteiger partial charge on any atom is 0.296 e. The highest BCUT2D eigenvalue weighted by Gasteiger charge is 2.24. The lowest BCUT2D eigenvalue weighted by Gasteiger charge is -2.13. The van der Waals surface area contributed by atoms with Gasteiger partial charge in [0.05, 0.1) is 18.0 Å². The number of benzene rings is 3. The number of anilines is 1. The first-order valence-corrected chi connectivity index (χ1v) is 11.1. The summed E-state index contributed by atoms with van der Waals surface area (Å²) in [5.41, 5.74) is 3.33. The number of hydrogen-bond acceptors (Lipinski definition) is 4. The van der Waals surface area contributed by atoms with Crippen LogP contribution in [0, 0.1) is 6.92 Å². The Morgan fingerprint density at radius 3 is 2.47 bits per heavy atom. The van der Waals surface area contributed by atoms with Crippen LogP contribution in [0.5, 0.6) is 5.75 Å². The number of nitrogens with zero attached hydrogens (tertiary/aromatic N) is 3. The van der Waals surface area contributed by atoms with Gasteiger partial charge < -0.3 is 14.6 Å². The minimum atomic E-state index is -0.422. The number of para-hydroxylation sites is 3. The number of nitrogens with one attached hydrogen (secondary N) is 1. The quantitative estimate of drug-likeness (QED) is 0.414. The molecule has 0 atom stereocenters. The van der Waals surface area contributed by atoms with Gasteiger partial charge in [-0.05, 0) is 44.2 Å². The fourth-order valence-electron chi connectivity index (χ4n) is 4.23. The summed E-state index contributed by atoms with van der Waals surface area (Å²) in [6.45, 7) is 4.33. The average Bonchev–Trinajstić information content (AvgIpc) is 3.15. The summed E-state index contributed by atoms with van der Waals surface area (Å²) in [7, 11) is 1.83. The van der Waals surface area contributed by atoms with Gasteiger partial charge >= 0.3 is 0 Å². The highest BCUT2D eigenvalue weighted by molar-refractivity contribution is 6.19. The standard InChI is InChI=1S/C27H24N4O3/c1-4-34-22-12-8-6-10-20(22)28-26(32)24-23-19-9-5-7-11-21(19)30(3)25(23)27(33)31(29-24)18-15-13-17(2)14-16-18/h5-16H,4H2,1-3H3,(H,28,32). The summed E-state index contributed by atoms with van der Waals surface area (Å²) in [6.07, 6.45) is 0. The fraction of sp³-hybridized carbons (Fsp3) is 0.148. The van der Waals surface area contributed by atoms with Crippen LogP contribution in [-0.2, 0) is 7.05 Å². The monoisotopic (exact) mass is 452 g/mol. The smallest absolute Gasteiger partial charge is 0.296 e. The molecule has 34 heavy (non-hydrogen) atoms. The van der Waals surface area contributed by atoms with Gasteiger partial charge in [0.2, 0.25) is 0 Å². The van der Waals surface area contributed by atoms with Gasteiger partial charge in [0.1, 0.15) is 11.3 Å². The lowest BCUT2D eigenvalue weighted by atomic mass is 10.1. The van der Waals surface area contributed by atoms with Crippen LogP contribution in [0.15, 0.2) is 77.6 Å². The second kappa shape index (κ2) is 8.51. The topological polar surface area (TPSA) is 78.2 Å². The first-order chi connectivity index (χ1) is 16.5. The summed E-state index contributed by atoms with van der Waals surface area (Å²) in [5, 5.41) is 8.83. The van der Waals surface area contributed by atoms with Crippen molar-refractivity contribution in [2.75, 3.05) is 11.9 Å². The number of rotatable bonds is 5. The molecule has 3 aromatic carbocycles. The molecule has 1 N–H and O–H groups in total. The fourth-order valence-corrected chi connectivity index (χ4v) is 4.23. The third-order valence-corrected chi connectivity index (χ3v) is 5.87. The van der Waals surface area contributed by atoms with Crippen molar-refractivity contribution in [1.82, 2.24) is 14.3 Å². The van der Waals surface area contributed by atoms with Gasteiger partial charge in [-0.3, -0.25) is 9.59 Å².